The topological polar surface area (TPSA) is 80.5 Å². The number of aromatic nitrogens is 1. The zero-order valence-corrected chi connectivity index (χ0v) is 18.1. The average molecular weight is 461 g/mol. The molecule has 4 rings (SSSR count). The molecule has 0 bridgehead atoms. The molecule has 0 spiro atoms. The van der Waals surface area contributed by atoms with Crippen LogP contribution in [0, 0.1) is 0 Å². The normalized spacial score (nSPS) is 11.6. The molecule has 2 heterocycles. The lowest BCUT2D eigenvalue weighted by molar-refractivity contribution is -0.118. The number of fused-ring (bicyclic) bond motifs is 1. The summed E-state index contributed by atoms with van der Waals surface area (Å²) in [4.78, 5) is 19.2. The van der Waals surface area contributed by atoms with Gasteiger partial charge in [0.2, 0.25) is 5.91 Å². The first-order chi connectivity index (χ1) is 14.4. The molecular weight excluding hydrogens is 444 g/mol. The number of anilines is 1. The van der Waals surface area contributed by atoms with Gasteiger partial charge in [-0.1, -0.05) is 35.1 Å². The Kier molecular flexibility index (Phi) is 5.90. The van der Waals surface area contributed by atoms with Crippen molar-refractivity contribution in [1.82, 2.24) is 4.98 Å². The Balaban J connectivity index is 1.57. The average Bonchev–Trinajstić information content (AvgIpc) is 3.40. The van der Waals surface area contributed by atoms with Crippen molar-refractivity contribution in [1.29, 1.82) is 0 Å². The lowest BCUT2D eigenvalue weighted by atomic mass is 10.3. The molecule has 30 heavy (non-hydrogen) atoms. The molecule has 0 aliphatic rings. The van der Waals surface area contributed by atoms with Crippen LogP contribution in [0.4, 0.5) is 5.13 Å². The highest BCUT2D eigenvalue weighted by atomic mass is 35.5. The van der Waals surface area contributed by atoms with Gasteiger partial charge in [0.25, 0.3) is 0 Å². The van der Waals surface area contributed by atoms with Gasteiger partial charge in [-0.05, 0) is 48.5 Å². The number of nitrogens with zero attached hydrogens (tertiary/aromatic N) is 2. The molecule has 0 aliphatic carbocycles. The Hall–Kier alpha value is -2.68. The molecule has 1 amide bonds. The summed E-state index contributed by atoms with van der Waals surface area (Å²) in [5.74, 6) is -0.0707. The summed E-state index contributed by atoms with van der Waals surface area (Å²) >= 11 is 7.20. The fourth-order valence-corrected chi connectivity index (χ4v) is 5.25. The van der Waals surface area contributed by atoms with Crippen LogP contribution in [0.5, 0.6) is 0 Å². The number of para-hydroxylation sites is 1. The summed E-state index contributed by atoms with van der Waals surface area (Å²) in [5.41, 5.74) is 0.781. The quantitative estimate of drug-likeness (QED) is 0.390. The molecule has 0 fully saturated rings. The molecule has 0 aliphatic heterocycles. The van der Waals surface area contributed by atoms with Crippen molar-refractivity contribution in [3.63, 3.8) is 0 Å². The Morgan fingerprint density at radius 3 is 2.53 bits per heavy atom. The molecule has 2 aromatic carbocycles. The van der Waals surface area contributed by atoms with E-state index in [1.165, 1.54) is 46.8 Å². The van der Waals surface area contributed by atoms with E-state index in [4.69, 9.17) is 16.0 Å². The van der Waals surface area contributed by atoms with Gasteiger partial charge in [0, 0.05) is 11.4 Å². The number of carbonyl (C=O) groups excluding carboxylic acids is 1. The van der Waals surface area contributed by atoms with Crippen LogP contribution in [0.15, 0.2) is 76.2 Å². The number of hydrogen-bond donors (Lipinski definition) is 0. The minimum atomic E-state index is -3.62. The number of thiazole rings is 1. The lowest BCUT2D eigenvalue weighted by Crippen LogP contribution is -2.31. The van der Waals surface area contributed by atoms with Crippen molar-refractivity contribution >= 4 is 54.0 Å². The minimum absolute atomic E-state index is 0.136. The Bertz CT molecular complexity index is 1230. The summed E-state index contributed by atoms with van der Waals surface area (Å²) in [6.45, 7) is 0.173. The zero-order chi connectivity index (χ0) is 21.1. The summed E-state index contributed by atoms with van der Waals surface area (Å²) in [6, 6.07) is 17.0. The summed E-state index contributed by atoms with van der Waals surface area (Å²) in [7, 11) is -3.62. The Labute approximate surface area is 182 Å². The van der Waals surface area contributed by atoms with Gasteiger partial charge in [-0.25, -0.2) is 13.4 Å². The highest BCUT2D eigenvalue weighted by molar-refractivity contribution is 7.91. The molecule has 9 heteroatoms. The van der Waals surface area contributed by atoms with Crippen LogP contribution < -0.4 is 4.90 Å². The molecule has 0 saturated heterocycles. The van der Waals surface area contributed by atoms with E-state index in [0.717, 1.165) is 10.2 Å². The van der Waals surface area contributed by atoms with Gasteiger partial charge >= 0.3 is 0 Å². The molecule has 6 nitrogen and oxygen atoms in total. The van der Waals surface area contributed by atoms with Crippen LogP contribution >= 0.6 is 22.9 Å². The molecule has 0 unspecified atom stereocenters. The Morgan fingerprint density at radius 1 is 1.07 bits per heavy atom. The van der Waals surface area contributed by atoms with E-state index in [1.54, 1.807) is 12.1 Å². The molecule has 154 valence electrons. The largest absolute Gasteiger partial charge is 0.467 e. The van der Waals surface area contributed by atoms with Crippen LogP contribution in [0.1, 0.15) is 12.2 Å². The zero-order valence-electron chi connectivity index (χ0n) is 15.7. The summed E-state index contributed by atoms with van der Waals surface area (Å²) < 4.78 is 31.6. The molecule has 0 saturated carbocycles. The highest BCUT2D eigenvalue weighted by Gasteiger charge is 2.24. The van der Waals surface area contributed by atoms with Gasteiger partial charge < -0.3 is 4.42 Å². The van der Waals surface area contributed by atoms with Crippen LogP contribution in [-0.2, 0) is 21.2 Å². The van der Waals surface area contributed by atoms with Crippen LogP contribution in [0.2, 0.25) is 5.02 Å². The summed E-state index contributed by atoms with van der Waals surface area (Å²) in [6.07, 6.45) is 1.35. The first kappa shape index (κ1) is 20.6. The second-order valence-corrected chi connectivity index (χ2v) is 10.1. The van der Waals surface area contributed by atoms with Crippen LogP contribution in [0.3, 0.4) is 0 Å². The predicted molar refractivity (Wildman–Crippen MR) is 118 cm³/mol. The second kappa shape index (κ2) is 8.59. The number of hydrogen-bond acceptors (Lipinski definition) is 6. The van der Waals surface area contributed by atoms with Crippen molar-refractivity contribution in [3.05, 3.63) is 77.7 Å². The first-order valence-electron chi connectivity index (χ1n) is 9.09. The van der Waals surface area contributed by atoms with Gasteiger partial charge in [0.05, 0.1) is 33.7 Å². The SMILES string of the molecule is O=C(CCS(=O)(=O)c1ccc(Cl)cc1)N(Cc1ccco1)c1nc2ccccc2s1. The van der Waals surface area contributed by atoms with Gasteiger partial charge in [0.1, 0.15) is 5.76 Å². The number of halogens is 1. The third-order valence-electron chi connectivity index (χ3n) is 4.47. The smallest absolute Gasteiger partial charge is 0.230 e. The highest BCUT2D eigenvalue weighted by Crippen LogP contribution is 2.30. The third-order valence-corrected chi connectivity index (χ3v) is 7.51. The van der Waals surface area contributed by atoms with Gasteiger partial charge in [-0.15, -0.1) is 0 Å². The van der Waals surface area contributed by atoms with E-state index in [2.05, 4.69) is 4.98 Å². The van der Waals surface area contributed by atoms with E-state index < -0.39 is 9.84 Å². The van der Waals surface area contributed by atoms with E-state index in [0.29, 0.717) is 15.9 Å². The number of sulfone groups is 1. The second-order valence-electron chi connectivity index (χ2n) is 6.55. The van der Waals surface area contributed by atoms with E-state index >= 15 is 0 Å². The number of benzene rings is 2. The predicted octanol–water partition coefficient (Wildman–Crippen LogP) is 4.94. The van der Waals surface area contributed by atoms with Crippen molar-refractivity contribution in [2.75, 3.05) is 10.7 Å². The molecular formula is C21H17ClN2O4S2. The fourth-order valence-electron chi connectivity index (χ4n) is 2.91. The van der Waals surface area contributed by atoms with Crippen molar-refractivity contribution in [2.45, 2.75) is 17.9 Å². The fraction of sp³-hybridized carbons (Fsp3) is 0.143. The minimum Gasteiger partial charge on any atom is -0.467 e. The number of amides is 1. The van der Waals surface area contributed by atoms with E-state index in [1.807, 2.05) is 24.3 Å². The maximum Gasteiger partial charge on any atom is 0.230 e. The van der Waals surface area contributed by atoms with Gasteiger partial charge in [-0.3, -0.25) is 9.69 Å². The standard InChI is InChI=1S/C21H17ClN2O4S2/c22-15-7-9-17(10-8-15)30(26,27)13-11-20(25)24(14-16-4-3-12-28-16)21-23-18-5-1-2-6-19(18)29-21/h1-10,12H,11,13-14H2. The molecule has 0 atom stereocenters. The van der Waals surface area contributed by atoms with Gasteiger partial charge in [-0.2, -0.15) is 0 Å². The van der Waals surface area contributed by atoms with E-state index in [9.17, 15) is 13.2 Å². The maximum absolute atomic E-state index is 13.0. The van der Waals surface area contributed by atoms with Crippen LogP contribution in [0.25, 0.3) is 10.2 Å². The number of rotatable bonds is 7. The molecule has 0 radical (unpaired) electrons. The molecule has 4 aromatic rings. The summed E-state index contributed by atoms with van der Waals surface area (Å²) in [5, 5.41) is 0.951. The van der Waals surface area contributed by atoms with Crippen molar-refractivity contribution in [2.24, 2.45) is 0 Å². The lowest BCUT2D eigenvalue weighted by Gasteiger charge is -2.18. The first-order valence-corrected chi connectivity index (χ1v) is 11.9. The monoisotopic (exact) mass is 460 g/mol. The molecule has 2 aromatic heterocycles. The number of furan rings is 1. The van der Waals surface area contributed by atoms with Gasteiger partial charge in [0.15, 0.2) is 15.0 Å². The van der Waals surface area contributed by atoms with Crippen LogP contribution in [-0.4, -0.2) is 25.1 Å². The van der Waals surface area contributed by atoms with Crippen molar-refractivity contribution < 1.29 is 17.6 Å². The molecule has 0 N–H and O–H groups in total. The Morgan fingerprint density at radius 2 is 1.83 bits per heavy atom. The van der Waals surface area contributed by atoms with E-state index in [-0.39, 0.29) is 29.5 Å². The van der Waals surface area contributed by atoms with Crippen molar-refractivity contribution in [3.8, 4) is 0 Å². The number of carbonyl (C=O) groups is 1. The maximum atomic E-state index is 13.0. The third kappa shape index (κ3) is 4.56.